The highest BCUT2D eigenvalue weighted by molar-refractivity contribution is 7.89. The fraction of sp³-hybridized carbons (Fsp3) is 0.330. The van der Waals surface area contributed by atoms with Crippen LogP contribution in [-0.2, 0) is 36.2 Å². The van der Waals surface area contributed by atoms with E-state index in [1.54, 1.807) is 49.6 Å². The molecule has 5 fully saturated rings. The third-order valence-electron chi connectivity index (χ3n) is 23.4. The van der Waals surface area contributed by atoms with Crippen LogP contribution in [0.15, 0.2) is 205 Å². The number of hydrogen-bond donors (Lipinski definition) is 7. The highest BCUT2D eigenvalue weighted by atomic mass is 35.5. The van der Waals surface area contributed by atoms with Gasteiger partial charge >= 0.3 is 0 Å². The molecule has 4 aromatic heterocycles. The van der Waals surface area contributed by atoms with Crippen LogP contribution in [0.3, 0.4) is 0 Å². The quantitative estimate of drug-likeness (QED) is 0.0262. The van der Waals surface area contributed by atoms with Crippen molar-refractivity contribution in [2.24, 2.45) is 0 Å². The molecule has 0 spiro atoms. The van der Waals surface area contributed by atoms with Gasteiger partial charge in [-0.2, -0.15) is 19.3 Å². The maximum Gasteiger partial charge on any atom is 0.255 e. The molecule has 0 aliphatic carbocycles. The molecule has 692 valence electrons. The second-order valence-corrected chi connectivity index (χ2v) is 36.7. The molecule has 0 unspecified atom stereocenters. The lowest BCUT2D eigenvalue weighted by molar-refractivity contribution is 0.0828. The summed E-state index contributed by atoms with van der Waals surface area (Å²) in [6.07, 6.45) is 5.96. The summed E-state index contributed by atoms with van der Waals surface area (Å²) in [5.41, 5.74) is 19.2. The van der Waals surface area contributed by atoms with E-state index in [1.807, 2.05) is 86.6 Å². The summed E-state index contributed by atoms with van der Waals surface area (Å²) in [6.45, 7) is 25.7. The van der Waals surface area contributed by atoms with Gasteiger partial charge in [-0.1, -0.05) is 83.9 Å². The van der Waals surface area contributed by atoms with Crippen molar-refractivity contribution >= 4 is 115 Å². The molecule has 5 saturated heterocycles. The molecule has 8 N–H and O–H groups in total. The van der Waals surface area contributed by atoms with Crippen LogP contribution in [0.5, 0.6) is 0 Å². The van der Waals surface area contributed by atoms with Gasteiger partial charge in [-0.25, -0.2) is 50.9 Å². The van der Waals surface area contributed by atoms with Crippen LogP contribution >= 0.6 is 23.2 Å². The van der Waals surface area contributed by atoms with Crippen LogP contribution in [-0.4, -0.2) is 263 Å². The minimum Gasteiger partial charge on any atom is -0.384 e. The number of amides is 1. The predicted octanol–water partition coefficient (Wildman–Crippen LogP) is 16.2. The summed E-state index contributed by atoms with van der Waals surface area (Å²) in [6, 6.07) is 54.1. The molecule has 12 aromatic rings. The summed E-state index contributed by atoms with van der Waals surface area (Å²) in [7, 11) is 8.11. The van der Waals surface area contributed by atoms with Crippen molar-refractivity contribution in [2.75, 3.05) is 198 Å². The molecule has 0 atom stereocenters. The van der Waals surface area contributed by atoms with Gasteiger partial charge in [0, 0.05) is 227 Å². The average Bonchev–Trinajstić information content (AvgIpc) is 1.35. The Bertz CT molecular complexity index is 5990. The van der Waals surface area contributed by atoms with Crippen LogP contribution in [0.25, 0.3) is 22.5 Å². The van der Waals surface area contributed by atoms with E-state index in [4.69, 9.17) is 28.9 Å². The number of aromatic nitrogens is 8. The van der Waals surface area contributed by atoms with Gasteiger partial charge in [0.1, 0.15) is 40.6 Å². The fourth-order valence-corrected chi connectivity index (χ4v) is 17.5. The number of benzene rings is 8. The molecule has 0 saturated carbocycles. The van der Waals surface area contributed by atoms with E-state index in [0.29, 0.717) is 82.3 Å². The Morgan fingerprint density at radius 3 is 1.26 bits per heavy atom. The maximum atomic E-state index is 14.9. The van der Waals surface area contributed by atoms with Crippen LogP contribution in [0.1, 0.15) is 56.6 Å². The summed E-state index contributed by atoms with van der Waals surface area (Å²) in [5.74, 6) is 0.555. The van der Waals surface area contributed by atoms with Gasteiger partial charge in [0.15, 0.2) is 5.82 Å². The number of halogens is 6. The molecular formula is C97H113Cl2F4N25O3S. The van der Waals surface area contributed by atoms with E-state index in [9.17, 15) is 30.8 Å². The fourth-order valence-electron chi connectivity index (χ4n) is 15.4. The Labute approximate surface area is 779 Å². The second-order valence-electron chi connectivity index (χ2n) is 34.0. The Hall–Kier alpha value is -12.0. The van der Waals surface area contributed by atoms with Crippen LogP contribution < -0.4 is 37.6 Å². The molecule has 17 rings (SSSR count). The van der Waals surface area contributed by atoms with Gasteiger partial charge in [0.2, 0.25) is 33.8 Å². The van der Waals surface area contributed by atoms with E-state index >= 15 is 0 Å². The Balaban J connectivity index is 0.000000142. The van der Waals surface area contributed by atoms with Gasteiger partial charge < -0.3 is 62.1 Å². The molecule has 8 aromatic carbocycles. The number of para-hydroxylation sites is 1. The van der Waals surface area contributed by atoms with Gasteiger partial charge in [-0.3, -0.25) is 24.4 Å². The zero-order chi connectivity index (χ0) is 93.0. The van der Waals surface area contributed by atoms with E-state index in [0.717, 1.165) is 190 Å². The topological polar surface area (TPSA) is 285 Å². The number of rotatable bonds is 25. The van der Waals surface area contributed by atoms with Crippen molar-refractivity contribution in [3.63, 3.8) is 0 Å². The number of sulfonamides is 1. The number of hydrogen-bond acceptors (Lipinski definition) is 26. The summed E-state index contributed by atoms with van der Waals surface area (Å²) < 4.78 is 83.6. The largest absolute Gasteiger partial charge is 0.384 e. The van der Waals surface area contributed by atoms with E-state index in [1.165, 1.54) is 56.9 Å². The lowest BCUT2D eigenvalue weighted by atomic mass is 10.1. The first kappa shape index (κ1) is 96.1. The third kappa shape index (κ3) is 27.2. The Morgan fingerprint density at radius 1 is 0.417 bits per heavy atom. The third-order valence-corrected chi connectivity index (χ3v) is 25.9. The number of likely N-dealkylation sites (N-methyl/N-ethyl adjacent to an activating group) is 4. The van der Waals surface area contributed by atoms with Crippen LogP contribution in [0.4, 0.5) is 92.9 Å². The summed E-state index contributed by atoms with van der Waals surface area (Å²) in [5, 5.41) is 19.4. The summed E-state index contributed by atoms with van der Waals surface area (Å²) >= 11 is 11.8. The Morgan fingerprint density at radius 2 is 0.818 bits per heavy atom. The molecular weight excluding hydrogens is 1740 g/mol. The van der Waals surface area contributed by atoms with E-state index in [2.05, 4.69) is 188 Å². The van der Waals surface area contributed by atoms with Crippen molar-refractivity contribution < 1.29 is 30.8 Å². The zero-order valence-electron chi connectivity index (χ0n) is 75.6. The summed E-state index contributed by atoms with van der Waals surface area (Å²) in [4.78, 5) is 68.1. The number of nitrogens with zero attached hydrogens (tertiary/aromatic N) is 18. The SMILES string of the molecule is CN1CCN(Cc2ccc(Nc3nc(N)cc(-c4ccc(F)c(Cl)c4)n3)cc2)CC1.CN1CCN(Cc2ccc(Nc3ncc(F)c(-c4ccc(F)cc4S(=O)(=O)N4CCCC4)n3)cc2)CC1.Cc1cnc(Nc2ccc(CN3CCN(C)CC3)cc2)nc1Nc1ccc(F)c(Cl)c1.Cc1cnc(Nc2ccc(CN3CCN(C)CC3)cc2)nc1Nc1ccccc1C(=O)N(C)C. The number of nitrogen functional groups attached to an aromatic ring is 1. The monoisotopic (exact) mass is 1850 g/mol. The highest BCUT2D eigenvalue weighted by Crippen LogP contribution is 2.35. The lowest BCUT2D eigenvalue weighted by Crippen LogP contribution is -2.43. The van der Waals surface area contributed by atoms with Crippen LogP contribution in [0, 0.1) is 37.1 Å². The van der Waals surface area contributed by atoms with Crippen LogP contribution in [0.2, 0.25) is 10.0 Å². The predicted molar refractivity (Wildman–Crippen MR) is 518 cm³/mol. The molecule has 132 heavy (non-hydrogen) atoms. The van der Waals surface area contributed by atoms with E-state index in [-0.39, 0.29) is 38.1 Å². The molecule has 0 radical (unpaired) electrons. The maximum absolute atomic E-state index is 14.9. The van der Waals surface area contributed by atoms with Gasteiger partial charge in [-0.05, 0) is 192 Å². The Kier molecular flexibility index (Phi) is 33.1. The zero-order valence-corrected chi connectivity index (χ0v) is 77.9. The molecule has 28 nitrogen and oxygen atoms in total. The first-order valence-corrected chi connectivity index (χ1v) is 46.3. The van der Waals surface area contributed by atoms with Gasteiger partial charge in [0.25, 0.3) is 5.91 Å². The molecule has 1 amide bonds. The first-order chi connectivity index (χ1) is 63.6. The smallest absolute Gasteiger partial charge is 0.255 e. The normalized spacial score (nSPS) is 15.8. The van der Waals surface area contributed by atoms with Crippen molar-refractivity contribution in [3.05, 3.63) is 273 Å². The highest BCUT2D eigenvalue weighted by Gasteiger charge is 2.32. The average molecular weight is 1860 g/mol. The second kappa shape index (κ2) is 45.4. The molecule has 0 bridgehead atoms. The van der Waals surface area contributed by atoms with Gasteiger partial charge in [0.05, 0.1) is 38.1 Å². The van der Waals surface area contributed by atoms with E-state index < -0.39 is 33.3 Å². The standard InChI is InChI=1S/C26H30F2N6O2S.C26H33N7O.C23H26ClFN6.C22H24ClFN6/c1-32-12-14-33(15-13-32)18-19-4-7-21(8-5-19)30-26-29-17-23(28)25(31-26)22-9-6-20(27)16-24(22)37(35,36)34-10-2-3-11-34;1-19-17-27-26(30-24(19)29-23-8-6-5-7-22(23)25(34)31(2)3)28-21-11-9-20(10-12-21)18-33-15-13-32(4)14-16-33;1-16-14-26-23(29-22(16)27-19-7-8-21(25)20(24)13-19)28-18-5-3-17(4-6-18)15-31-11-9-30(2)10-12-31;1-29-8-10-30(11-9-29)14-15-2-5-17(6-3-15)26-22-27-20(13-21(25)28-22)16-4-7-19(24)18(23)12-16/h4-9,16-17H,2-3,10-15,18H2,1H3,(H,29,30,31);5-12,17H,13-16,18H2,1-4H3,(H2,27,28,29,30);3-8,13-14H,9-12,15H2,1-2H3,(H2,26,27,28,29);2-7,12-13H,8-11,14H2,1H3,(H3,25,26,27,28). The number of aryl methyl sites for hydroxylation is 2. The van der Waals surface area contributed by atoms with Crippen molar-refractivity contribution in [1.29, 1.82) is 0 Å². The molecule has 35 heteroatoms. The molecule has 5 aliphatic heterocycles. The number of carbonyl (C=O) groups is 1. The number of nitrogens with one attached hydrogen (secondary N) is 6. The lowest BCUT2D eigenvalue weighted by Gasteiger charge is -2.32. The minimum absolute atomic E-state index is 0.00113. The number of anilines is 13. The minimum atomic E-state index is -4.01. The molecule has 9 heterocycles. The van der Waals surface area contributed by atoms with Crippen molar-refractivity contribution in [3.8, 4) is 22.5 Å². The van der Waals surface area contributed by atoms with Gasteiger partial charge in [-0.15, -0.1) is 0 Å². The first-order valence-electron chi connectivity index (χ1n) is 44.1. The van der Waals surface area contributed by atoms with Crippen molar-refractivity contribution in [2.45, 2.75) is 57.8 Å². The number of nitrogens with two attached hydrogens (primary N) is 1. The van der Waals surface area contributed by atoms with Crippen molar-refractivity contribution in [1.82, 2.24) is 88.3 Å². The number of carbonyl (C=O) groups excluding carboxylic acids is 1. The molecule has 5 aliphatic rings. The number of piperazine rings is 4.